The first-order valence-corrected chi connectivity index (χ1v) is 9.43. The predicted molar refractivity (Wildman–Crippen MR) is 120 cm³/mol. The van der Waals surface area contributed by atoms with Crippen molar-refractivity contribution in [3.05, 3.63) is 66.1 Å². The molecule has 5 nitrogen and oxygen atoms in total. The average molecular weight is 436 g/mol. The third-order valence-corrected chi connectivity index (χ3v) is 5.03. The van der Waals surface area contributed by atoms with Crippen molar-refractivity contribution in [1.82, 2.24) is 9.88 Å². The largest absolute Gasteiger partial charge is 0.457 e. The maximum absolute atomic E-state index is 5.95. The third-order valence-electron chi connectivity index (χ3n) is 5.03. The lowest BCUT2D eigenvalue weighted by atomic mass is 10.1. The van der Waals surface area contributed by atoms with Gasteiger partial charge in [-0.25, -0.2) is 4.98 Å². The normalized spacial score (nSPS) is 16.1. The Hall–Kier alpha value is -2.05. The number of aryl methyl sites for hydroxylation is 1. The predicted octanol–water partition coefficient (Wildman–Crippen LogP) is 5.07. The molecule has 1 aliphatic heterocycles. The van der Waals surface area contributed by atoms with Crippen LogP contribution in [0.25, 0.3) is 11.5 Å². The fourth-order valence-corrected chi connectivity index (χ4v) is 3.48. The van der Waals surface area contributed by atoms with Crippen LogP contribution in [-0.4, -0.2) is 29.5 Å². The van der Waals surface area contributed by atoms with Crippen molar-refractivity contribution in [3.63, 3.8) is 0 Å². The van der Waals surface area contributed by atoms with Gasteiger partial charge in [-0.05, 0) is 62.7 Å². The molecule has 0 amide bonds. The molecule has 3 aromatic rings. The van der Waals surface area contributed by atoms with Crippen molar-refractivity contribution in [3.8, 4) is 23.0 Å². The van der Waals surface area contributed by atoms with Crippen LogP contribution in [-0.2, 0) is 6.54 Å². The summed E-state index contributed by atoms with van der Waals surface area (Å²) in [6.45, 7) is 5.66. The number of nitrogens with two attached hydrogens (primary N) is 1. The highest BCUT2D eigenvalue weighted by Gasteiger charge is 2.23. The maximum atomic E-state index is 5.95. The molecule has 0 spiro atoms. The minimum atomic E-state index is 0. The topological polar surface area (TPSA) is 64.5 Å². The van der Waals surface area contributed by atoms with E-state index in [4.69, 9.17) is 19.9 Å². The maximum Gasteiger partial charge on any atom is 0.226 e. The zero-order valence-corrected chi connectivity index (χ0v) is 18.0. The second-order valence-corrected chi connectivity index (χ2v) is 7.09. The summed E-state index contributed by atoms with van der Waals surface area (Å²) in [4.78, 5) is 7.15. The number of ether oxygens (including phenoxy) is 1. The Morgan fingerprint density at radius 1 is 1.10 bits per heavy atom. The Kier molecular flexibility index (Phi) is 8.53. The van der Waals surface area contributed by atoms with Crippen LogP contribution in [0.5, 0.6) is 11.5 Å². The summed E-state index contributed by atoms with van der Waals surface area (Å²) >= 11 is 0. The second kappa shape index (κ2) is 10.6. The number of hydrogen-bond donors (Lipinski definition) is 1. The number of aromatic nitrogens is 1. The summed E-state index contributed by atoms with van der Waals surface area (Å²) in [6, 6.07) is 17.6. The van der Waals surface area contributed by atoms with E-state index in [2.05, 4.69) is 4.90 Å². The Labute approximate surface area is 184 Å². The number of rotatable bonds is 6. The lowest BCUT2D eigenvalue weighted by Gasteiger charge is -2.13. The number of halogens is 2. The van der Waals surface area contributed by atoms with Crippen molar-refractivity contribution < 1.29 is 9.15 Å². The smallest absolute Gasteiger partial charge is 0.226 e. The summed E-state index contributed by atoms with van der Waals surface area (Å²) in [5.74, 6) is 3.68. The lowest BCUT2D eigenvalue weighted by Crippen LogP contribution is -2.23. The minimum absolute atomic E-state index is 0. The lowest BCUT2D eigenvalue weighted by molar-refractivity contribution is 0.312. The van der Waals surface area contributed by atoms with E-state index in [9.17, 15) is 0 Å². The number of likely N-dealkylation sites (tertiary alicyclic amines) is 1. The molecule has 1 aromatic heterocycles. The van der Waals surface area contributed by atoms with Crippen LogP contribution in [0.4, 0.5) is 0 Å². The summed E-state index contributed by atoms with van der Waals surface area (Å²) in [5.41, 5.74) is 7.71. The molecule has 1 aliphatic rings. The van der Waals surface area contributed by atoms with Gasteiger partial charge in [0.1, 0.15) is 17.3 Å². The van der Waals surface area contributed by atoms with Gasteiger partial charge < -0.3 is 14.9 Å². The highest BCUT2D eigenvalue weighted by atomic mass is 35.5. The van der Waals surface area contributed by atoms with E-state index >= 15 is 0 Å². The summed E-state index contributed by atoms with van der Waals surface area (Å²) in [6.07, 6.45) is 1.17. The fraction of sp³-hybridized carbons (Fsp3) is 0.318. The standard InChI is InChI=1S/C22H25N3O2.2ClH/c1-16-21(15-25-11-10-17(13-23)14-25)24-22(26-16)18-6-5-9-20(12-18)27-19-7-3-2-4-8-19;;/h2-9,12,17H,10-11,13-15,23H2,1H3;2*1H. The Morgan fingerprint density at radius 2 is 1.86 bits per heavy atom. The Bertz CT molecular complexity index is 902. The van der Waals surface area contributed by atoms with Gasteiger partial charge in [-0.2, -0.15) is 0 Å². The molecule has 1 fully saturated rings. The highest BCUT2D eigenvalue weighted by molar-refractivity contribution is 5.85. The number of para-hydroxylation sites is 1. The molecule has 0 radical (unpaired) electrons. The van der Waals surface area contributed by atoms with Gasteiger partial charge in [0.05, 0.1) is 5.69 Å². The van der Waals surface area contributed by atoms with Crippen LogP contribution in [0.3, 0.4) is 0 Å². The third kappa shape index (κ3) is 5.73. The van der Waals surface area contributed by atoms with Gasteiger partial charge in [-0.3, -0.25) is 4.90 Å². The molecule has 156 valence electrons. The van der Waals surface area contributed by atoms with E-state index in [-0.39, 0.29) is 24.8 Å². The van der Waals surface area contributed by atoms with E-state index in [1.54, 1.807) is 0 Å². The van der Waals surface area contributed by atoms with Gasteiger partial charge in [-0.1, -0.05) is 24.3 Å². The molecule has 4 rings (SSSR count). The van der Waals surface area contributed by atoms with Gasteiger partial charge in [0.2, 0.25) is 5.89 Å². The van der Waals surface area contributed by atoms with Crippen LogP contribution in [0.15, 0.2) is 59.0 Å². The van der Waals surface area contributed by atoms with Crippen LogP contribution < -0.4 is 10.5 Å². The average Bonchev–Trinajstić information content (AvgIpc) is 3.30. The fourth-order valence-electron chi connectivity index (χ4n) is 3.48. The molecule has 0 bridgehead atoms. The number of oxazole rings is 1. The van der Waals surface area contributed by atoms with Crippen molar-refractivity contribution in [2.75, 3.05) is 19.6 Å². The molecule has 0 aliphatic carbocycles. The van der Waals surface area contributed by atoms with E-state index in [0.717, 1.165) is 54.7 Å². The molecule has 1 saturated heterocycles. The van der Waals surface area contributed by atoms with Gasteiger partial charge in [0.15, 0.2) is 0 Å². The quantitative estimate of drug-likeness (QED) is 0.585. The number of benzene rings is 2. The Balaban J connectivity index is 0.00000150. The molecule has 1 atom stereocenters. The van der Waals surface area contributed by atoms with Crippen molar-refractivity contribution >= 4 is 24.8 Å². The number of nitrogens with zero attached hydrogens (tertiary/aromatic N) is 2. The zero-order chi connectivity index (χ0) is 18.6. The molecule has 2 heterocycles. The number of hydrogen-bond acceptors (Lipinski definition) is 5. The van der Waals surface area contributed by atoms with Gasteiger partial charge in [0.25, 0.3) is 0 Å². The SMILES string of the molecule is Cc1oc(-c2cccc(Oc3ccccc3)c2)nc1CN1CCC(CN)C1.Cl.Cl. The second-order valence-electron chi connectivity index (χ2n) is 7.09. The molecular formula is C22H27Cl2N3O2. The van der Waals surface area contributed by atoms with Crippen LogP contribution >= 0.6 is 24.8 Å². The van der Waals surface area contributed by atoms with Gasteiger partial charge in [0, 0.05) is 18.7 Å². The first-order valence-electron chi connectivity index (χ1n) is 9.43. The van der Waals surface area contributed by atoms with Gasteiger partial charge >= 0.3 is 0 Å². The van der Waals surface area contributed by atoms with E-state index in [0.29, 0.717) is 11.8 Å². The minimum Gasteiger partial charge on any atom is -0.457 e. The summed E-state index contributed by atoms with van der Waals surface area (Å²) in [7, 11) is 0. The van der Waals surface area contributed by atoms with E-state index in [1.807, 2.05) is 61.5 Å². The van der Waals surface area contributed by atoms with Crippen LogP contribution in [0.1, 0.15) is 17.9 Å². The summed E-state index contributed by atoms with van der Waals surface area (Å²) in [5, 5.41) is 0. The van der Waals surface area contributed by atoms with Crippen LogP contribution in [0.2, 0.25) is 0 Å². The Morgan fingerprint density at radius 3 is 2.59 bits per heavy atom. The molecule has 2 aromatic carbocycles. The van der Waals surface area contributed by atoms with Crippen LogP contribution in [0, 0.1) is 12.8 Å². The van der Waals surface area contributed by atoms with Crippen molar-refractivity contribution in [2.24, 2.45) is 11.7 Å². The molecular weight excluding hydrogens is 409 g/mol. The van der Waals surface area contributed by atoms with Crippen molar-refractivity contribution in [2.45, 2.75) is 19.9 Å². The monoisotopic (exact) mass is 435 g/mol. The highest BCUT2D eigenvalue weighted by Crippen LogP contribution is 2.29. The first-order chi connectivity index (χ1) is 13.2. The molecule has 29 heavy (non-hydrogen) atoms. The van der Waals surface area contributed by atoms with E-state index < -0.39 is 0 Å². The summed E-state index contributed by atoms with van der Waals surface area (Å²) < 4.78 is 11.9. The first kappa shape index (κ1) is 23.2. The van der Waals surface area contributed by atoms with Crippen molar-refractivity contribution in [1.29, 1.82) is 0 Å². The molecule has 7 heteroatoms. The van der Waals surface area contributed by atoms with Gasteiger partial charge in [-0.15, -0.1) is 24.8 Å². The molecule has 1 unspecified atom stereocenters. The molecule has 2 N–H and O–H groups in total. The van der Waals surface area contributed by atoms with E-state index in [1.165, 1.54) is 6.42 Å². The molecule has 0 saturated carbocycles. The zero-order valence-electron chi connectivity index (χ0n) is 16.4.